The summed E-state index contributed by atoms with van der Waals surface area (Å²) in [5, 5.41) is 13.0. The van der Waals surface area contributed by atoms with Crippen LogP contribution < -0.4 is 5.32 Å². The number of phenolic OH excluding ortho intramolecular Hbond substituents is 1. The van der Waals surface area contributed by atoms with E-state index in [1.807, 2.05) is 55.5 Å². The number of hydrogen-bond donors (Lipinski definition) is 2. The van der Waals surface area contributed by atoms with Gasteiger partial charge in [-0.05, 0) is 44.5 Å². The van der Waals surface area contributed by atoms with E-state index in [2.05, 4.69) is 10.2 Å². The maximum atomic E-state index is 12.5. The van der Waals surface area contributed by atoms with E-state index in [4.69, 9.17) is 0 Å². The molecule has 1 aliphatic rings. The van der Waals surface area contributed by atoms with Crippen LogP contribution in [0.3, 0.4) is 0 Å². The average Bonchev–Trinajstić information content (AvgIpc) is 2.65. The molecule has 25 heavy (non-hydrogen) atoms. The van der Waals surface area contributed by atoms with Crippen LogP contribution in [0, 0.1) is 5.92 Å². The minimum atomic E-state index is 0.0352. The molecule has 1 heterocycles. The third-order valence-electron chi connectivity index (χ3n) is 5.00. The molecule has 0 spiro atoms. The Hall–Kier alpha value is -2.33. The normalized spacial score (nSPS) is 17.2. The maximum Gasteiger partial charge on any atom is 0.223 e. The van der Waals surface area contributed by atoms with E-state index in [-0.39, 0.29) is 17.9 Å². The first-order valence-corrected chi connectivity index (χ1v) is 8.98. The lowest BCUT2D eigenvalue weighted by Crippen LogP contribution is -2.40. The average molecular weight is 338 g/mol. The molecule has 1 atom stereocenters. The molecule has 2 aromatic carbocycles. The summed E-state index contributed by atoms with van der Waals surface area (Å²) >= 11 is 0. The van der Waals surface area contributed by atoms with Crippen LogP contribution in [0.1, 0.15) is 36.9 Å². The molecule has 1 aliphatic heterocycles. The van der Waals surface area contributed by atoms with Crippen LogP contribution in [0.15, 0.2) is 54.6 Å². The van der Waals surface area contributed by atoms with E-state index in [1.165, 1.54) is 0 Å². The van der Waals surface area contributed by atoms with Crippen molar-refractivity contribution in [1.82, 2.24) is 10.2 Å². The molecule has 1 amide bonds. The van der Waals surface area contributed by atoms with Crippen molar-refractivity contribution in [2.75, 3.05) is 13.1 Å². The molecule has 0 radical (unpaired) electrons. The van der Waals surface area contributed by atoms with Gasteiger partial charge in [0.2, 0.25) is 5.91 Å². The minimum absolute atomic E-state index is 0.0352. The van der Waals surface area contributed by atoms with Crippen LogP contribution in [0.2, 0.25) is 0 Å². The summed E-state index contributed by atoms with van der Waals surface area (Å²) in [6.45, 7) is 4.53. The van der Waals surface area contributed by atoms with Crippen LogP contribution in [-0.2, 0) is 11.3 Å². The number of carbonyl (C=O) groups is 1. The standard InChI is InChI=1S/C21H26N2O2/c1-16(17-7-3-2-4-8-17)22-21(25)18-11-13-23(14-12-18)15-19-9-5-6-10-20(19)24/h2-10,16,18,24H,11-15H2,1H3,(H,22,25)/t16-/m1/s1. The number of benzene rings is 2. The molecule has 1 fully saturated rings. The lowest BCUT2D eigenvalue weighted by atomic mass is 9.94. The third kappa shape index (κ3) is 4.60. The monoisotopic (exact) mass is 338 g/mol. The molecule has 0 unspecified atom stereocenters. The van der Waals surface area contributed by atoms with Gasteiger partial charge in [-0.1, -0.05) is 48.5 Å². The Morgan fingerprint density at radius 1 is 1.12 bits per heavy atom. The summed E-state index contributed by atoms with van der Waals surface area (Å²) in [5.41, 5.74) is 2.08. The summed E-state index contributed by atoms with van der Waals surface area (Å²) in [6.07, 6.45) is 1.72. The van der Waals surface area contributed by atoms with Crippen LogP contribution in [0.5, 0.6) is 5.75 Å². The van der Waals surface area contributed by atoms with Crippen LogP contribution in [0.25, 0.3) is 0 Å². The molecule has 0 saturated carbocycles. The summed E-state index contributed by atoms with van der Waals surface area (Å²) in [6, 6.07) is 17.6. The number of nitrogens with zero attached hydrogens (tertiary/aromatic N) is 1. The molecule has 0 bridgehead atoms. The molecule has 2 N–H and O–H groups in total. The lowest BCUT2D eigenvalue weighted by Gasteiger charge is -2.32. The molecule has 0 aliphatic carbocycles. The van der Waals surface area contributed by atoms with Gasteiger partial charge in [0.15, 0.2) is 0 Å². The SMILES string of the molecule is C[C@@H](NC(=O)C1CCN(Cc2ccccc2O)CC1)c1ccccc1. The van der Waals surface area contributed by atoms with Gasteiger partial charge in [0, 0.05) is 18.0 Å². The van der Waals surface area contributed by atoms with Crippen molar-refractivity contribution in [1.29, 1.82) is 0 Å². The van der Waals surface area contributed by atoms with Crippen molar-refractivity contribution in [3.8, 4) is 5.75 Å². The number of amides is 1. The topological polar surface area (TPSA) is 52.6 Å². The highest BCUT2D eigenvalue weighted by Crippen LogP contribution is 2.23. The molecule has 132 valence electrons. The predicted octanol–water partition coefficient (Wildman–Crippen LogP) is 3.48. The van der Waals surface area contributed by atoms with Crippen molar-refractivity contribution in [3.05, 3.63) is 65.7 Å². The van der Waals surface area contributed by atoms with E-state index >= 15 is 0 Å². The van der Waals surface area contributed by atoms with E-state index in [0.29, 0.717) is 5.75 Å². The molecule has 0 aromatic heterocycles. The van der Waals surface area contributed by atoms with Crippen molar-refractivity contribution in [2.24, 2.45) is 5.92 Å². The van der Waals surface area contributed by atoms with Gasteiger partial charge in [0.05, 0.1) is 6.04 Å². The second-order valence-electron chi connectivity index (χ2n) is 6.82. The zero-order valence-electron chi connectivity index (χ0n) is 14.7. The van der Waals surface area contributed by atoms with Crippen molar-refractivity contribution in [2.45, 2.75) is 32.4 Å². The number of aromatic hydroxyl groups is 1. The fraction of sp³-hybridized carbons (Fsp3) is 0.381. The number of rotatable bonds is 5. The molecule has 1 saturated heterocycles. The van der Waals surface area contributed by atoms with Gasteiger partial charge >= 0.3 is 0 Å². The number of para-hydroxylation sites is 1. The van der Waals surface area contributed by atoms with Gasteiger partial charge in [-0.25, -0.2) is 0 Å². The number of piperidine rings is 1. The van der Waals surface area contributed by atoms with Crippen molar-refractivity contribution in [3.63, 3.8) is 0 Å². The van der Waals surface area contributed by atoms with Gasteiger partial charge in [0.1, 0.15) is 5.75 Å². The Morgan fingerprint density at radius 2 is 1.76 bits per heavy atom. The Kier molecular flexibility index (Phi) is 5.71. The smallest absolute Gasteiger partial charge is 0.223 e. The number of hydrogen-bond acceptors (Lipinski definition) is 3. The highest BCUT2D eigenvalue weighted by molar-refractivity contribution is 5.79. The predicted molar refractivity (Wildman–Crippen MR) is 99.1 cm³/mol. The van der Waals surface area contributed by atoms with Gasteiger partial charge in [0.25, 0.3) is 0 Å². The number of nitrogens with one attached hydrogen (secondary N) is 1. The third-order valence-corrected chi connectivity index (χ3v) is 5.00. The van der Waals surface area contributed by atoms with E-state index in [1.54, 1.807) is 6.07 Å². The first kappa shape index (κ1) is 17.5. The van der Waals surface area contributed by atoms with Gasteiger partial charge in [-0.3, -0.25) is 9.69 Å². The molecular formula is C21H26N2O2. The highest BCUT2D eigenvalue weighted by atomic mass is 16.3. The molecular weight excluding hydrogens is 312 g/mol. The zero-order valence-corrected chi connectivity index (χ0v) is 14.7. The van der Waals surface area contributed by atoms with Gasteiger partial charge < -0.3 is 10.4 Å². The zero-order chi connectivity index (χ0) is 17.6. The first-order chi connectivity index (χ1) is 12.1. The van der Waals surface area contributed by atoms with E-state index in [9.17, 15) is 9.90 Å². The van der Waals surface area contributed by atoms with Gasteiger partial charge in [-0.2, -0.15) is 0 Å². The first-order valence-electron chi connectivity index (χ1n) is 8.98. The van der Waals surface area contributed by atoms with E-state index < -0.39 is 0 Å². The second kappa shape index (κ2) is 8.17. The molecule has 2 aromatic rings. The van der Waals surface area contributed by atoms with Crippen LogP contribution >= 0.6 is 0 Å². The quantitative estimate of drug-likeness (QED) is 0.877. The molecule has 3 rings (SSSR count). The number of likely N-dealkylation sites (tertiary alicyclic amines) is 1. The number of phenols is 1. The summed E-state index contributed by atoms with van der Waals surface area (Å²) in [5.74, 6) is 0.574. The fourth-order valence-electron chi connectivity index (χ4n) is 3.39. The summed E-state index contributed by atoms with van der Waals surface area (Å²) in [7, 11) is 0. The van der Waals surface area contributed by atoms with Gasteiger partial charge in [-0.15, -0.1) is 0 Å². The Balaban J connectivity index is 1.48. The maximum absolute atomic E-state index is 12.5. The molecule has 4 heteroatoms. The highest BCUT2D eigenvalue weighted by Gasteiger charge is 2.26. The van der Waals surface area contributed by atoms with Crippen molar-refractivity contribution < 1.29 is 9.90 Å². The van der Waals surface area contributed by atoms with Crippen LogP contribution in [0.4, 0.5) is 0 Å². The Morgan fingerprint density at radius 3 is 2.44 bits per heavy atom. The fourth-order valence-corrected chi connectivity index (χ4v) is 3.39. The number of carbonyl (C=O) groups excluding carboxylic acids is 1. The second-order valence-corrected chi connectivity index (χ2v) is 6.82. The van der Waals surface area contributed by atoms with Crippen LogP contribution in [-0.4, -0.2) is 29.0 Å². The van der Waals surface area contributed by atoms with E-state index in [0.717, 1.165) is 43.6 Å². The summed E-state index contributed by atoms with van der Waals surface area (Å²) in [4.78, 5) is 14.8. The molecule has 4 nitrogen and oxygen atoms in total. The largest absolute Gasteiger partial charge is 0.508 e. The minimum Gasteiger partial charge on any atom is -0.508 e. The van der Waals surface area contributed by atoms with Crippen molar-refractivity contribution >= 4 is 5.91 Å². The Labute approximate surface area is 149 Å². The lowest BCUT2D eigenvalue weighted by molar-refractivity contribution is -0.127. The summed E-state index contributed by atoms with van der Waals surface area (Å²) < 4.78 is 0. The Bertz CT molecular complexity index is 694.